The fourth-order valence-electron chi connectivity index (χ4n) is 1.96. The predicted octanol–water partition coefficient (Wildman–Crippen LogP) is 3.07. The van der Waals surface area contributed by atoms with E-state index in [1.807, 2.05) is 20.8 Å². The van der Waals surface area contributed by atoms with E-state index >= 15 is 0 Å². The predicted molar refractivity (Wildman–Crippen MR) is 74.5 cm³/mol. The molecule has 100 valence electrons. The van der Waals surface area contributed by atoms with E-state index in [0.717, 1.165) is 5.56 Å². The number of hydrogen-bond acceptors (Lipinski definition) is 3. The van der Waals surface area contributed by atoms with Crippen molar-refractivity contribution in [3.63, 3.8) is 0 Å². The lowest BCUT2D eigenvalue weighted by molar-refractivity contribution is 0.0891. The van der Waals surface area contributed by atoms with E-state index in [-0.39, 0.29) is 17.6 Å². The van der Waals surface area contributed by atoms with Gasteiger partial charge in [-0.1, -0.05) is 25.4 Å². The smallest absolute Gasteiger partial charge is 0.167 e. The van der Waals surface area contributed by atoms with Gasteiger partial charge in [-0.15, -0.1) is 0 Å². The zero-order chi connectivity index (χ0) is 13.9. The third-order valence-corrected chi connectivity index (χ3v) is 3.46. The highest BCUT2D eigenvalue weighted by molar-refractivity contribution is 6.32. The number of benzene rings is 1. The summed E-state index contributed by atoms with van der Waals surface area (Å²) < 4.78 is 5.13. The van der Waals surface area contributed by atoms with Crippen molar-refractivity contribution in [2.24, 2.45) is 17.6 Å². The highest BCUT2D eigenvalue weighted by Gasteiger charge is 2.24. The van der Waals surface area contributed by atoms with Crippen molar-refractivity contribution in [3.05, 3.63) is 28.3 Å². The average molecular weight is 270 g/mol. The van der Waals surface area contributed by atoms with Gasteiger partial charge >= 0.3 is 0 Å². The number of hydrogen-bond donors (Lipinski definition) is 1. The van der Waals surface area contributed by atoms with E-state index < -0.39 is 0 Å². The minimum atomic E-state index is -0.173. The first-order valence-electron chi connectivity index (χ1n) is 6.00. The molecule has 0 aliphatic heterocycles. The first-order chi connectivity index (χ1) is 8.42. The van der Waals surface area contributed by atoms with Crippen molar-refractivity contribution >= 4 is 17.4 Å². The largest absolute Gasteiger partial charge is 0.495 e. The maximum absolute atomic E-state index is 12.4. The van der Waals surface area contributed by atoms with E-state index in [2.05, 4.69) is 0 Å². The summed E-state index contributed by atoms with van der Waals surface area (Å²) in [5.74, 6) is 0.671. The third kappa shape index (κ3) is 3.03. The van der Waals surface area contributed by atoms with Crippen LogP contribution in [0.1, 0.15) is 29.8 Å². The van der Waals surface area contributed by atoms with Gasteiger partial charge in [0.05, 0.1) is 12.1 Å². The Balaban J connectivity index is 3.17. The molecule has 3 nitrogen and oxygen atoms in total. The third-order valence-electron chi connectivity index (χ3n) is 3.16. The van der Waals surface area contributed by atoms with Crippen molar-refractivity contribution in [2.45, 2.75) is 20.8 Å². The lowest BCUT2D eigenvalue weighted by Crippen LogP contribution is -2.28. The number of nitrogens with two attached hydrogens (primary N) is 1. The minimum Gasteiger partial charge on any atom is -0.495 e. The molecular formula is C14H20ClNO2. The van der Waals surface area contributed by atoms with Crippen molar-refractivity contribution in [1.82, 2.24) is 0 Å². The van der Waals surface area contributed by atoms with E-state index in [0.29, 0.717) is 22.9 Å². The Hall–Kier alpha value is -1.06. The molecule has 0 saturated carbocycles. The number of carbonyl (C=O) groups excluding carboxylic acids is 1. The molecule has 0 aliphatic rings. The molecule has 0 amide bonds. The second-order valence-corrected chi connectivity index (χ2v) is 5.16. The molecule has 1 atom stereocenters. The number of halogens is 1. The van der Waals surface area contributed by atoms with Gasteiger partial charge in [0.1, 0.15) is 5.75 Å². The number of carbonyl (C=O) groups is 1. The quantitative estimate of drug-likeness (QED) is 0.836. The van der Waals surface area contributed by atoms with Crippen molar-refractivity contribution in [2.75, 3.05) is 13.7 Å². The Morgan fingerprint density at radius 2 is 2.06 bits per heavy atom. The number of aryl methyl sites for hydroxylation is 1. The summed E-state index contributed by atoms with van der Waals surface area (Å²) in [4.78, 5) is 12.4. The van der Waals surface area contributed by atoms with Gasteiger partial charge in [-0.25, -0.2) is 0 Å². The van der Waals surface area contributed by atoms with E-state index in [1.54, 1.807) is 19.2 Å². The topological polar surface area (TPSA) is 52.3 Å². The standard InChI is InChI=1S/C14H20ClNO2/c1-8(2)11(7-16)14(17)10-6-12(15)13(18-4)5-9(10)3/h5-6,8,11H,7,16H2,1-4H3. The molecule has 2 N–H and O–H groups in total. The maximum atomic E-state index is 12.4. The van der Waals surface area contributed by atoms with Gasteiger partial charge in [0.15, 0.2) is 5.78 Å². The van der Waals surface area contributed by atoms with Crippen LogP contribution >= 0.6 is 11.6 Å². The van der Waals surface area contributed by atoms with Crippen LogP contribution in [0.15, 0.2) is 12.1 Å². The minimum absolute atomic E-state index is 0.0505. The zero-order valence-corrected chi connectivity index (χ0v) is 12.0. The molecule has 4 heteroatoms. The first-order valence-corrected chi connectivity index (χ1v) is 6.38. The van der Waals surface area contributed by atoms with Crippen LogP contribution in [-0.4, -0.2) is 19.4 Å². The first kappa shape index (κ1) is 15.0. The summed E-state index contributed by atoms with van der Waals surface area (Å²) in [6.07, 6.45) is 0. The van der Waals surface area contributed by atoms with Crippen LogP contribution in [0, 0.1) is 18.8 Å². The zero-order valence-electron chi connectivity index (χ0n) is 11.3. The average Bonchev–Trinajstić information content (AvgIpc) is 2.31. The molecule has 0 bridgehead atoms. The molecule has 1 aromatic carbocycles. The number of ketones is 1. The molecule has 1 rings (SSSR count). The highest BCUT2D eigenvalue weighted by Crippen LogP contribution is 2.29. The summed E-state index contributed by atoms with van der Waals surface area (Å²) >= 11 is 6.06. The summed E-state index contributed by atoms with van der Waals surface area (Å²) in [5.41, 5.74) is 7.17. The summed E-state index contributed by atoms with van der Waals surface area (Å²) in [5, 5.41) is 0.450. The highest BCUT2D eigenvalue weighted by atomic mass is 35.5. The Labute approximate surface area is 113 Å². The molecule has 0 fully saturated rings. The van der Waals surface area contributed by atoms with Crippen LogP contribution in [0.5, 0.6) is 5.75 Å². The summed E-state index contributed by atoms with van der Waals surface area (Å²) in [6, 6.07) is 3.45. The lowest BCUT2D eigenvalue weighted by Gasteiger charge is -2.19. The summed E-state index contributed by atoms with van der Waals surface area (Å²) in [7, 11) is 1.55. The molecule has 0 aromatic heterocycles. The van der Waals surface area contributed by atoms with Crippen LogP contribution in [0.3, 0.4) is 0 Å². The van der Waals surface area contributed by atoms with E-state index in [4.69, 9.17) is 22.1 Å². The Morgan fingerprint density at radius 1 is 1.44 bits per heavy atom. The molecule has 0 spiro atoms. The normalized spacial score (nSPS) is 12.6. The molecule has 0 aliphatic carbocycles. The van der Waals surface area contributed by atoms with Gasteiger partial charge in [0.25, 0.3) is 0 Å². The molecule has 1 aromatic rings. The number of Topliss-reactive ketones (excluding diaryl/α,β-unsaturated/α-hetero) is 1. The second-order valence-electron chi connectivity index (χ2n) is 4.75. The van der Waals surface area contributed by atoms with Crippen molar-refractivity contribution < 1.29 is 9.53 Å². The number of methoxy groups -OCH3 is 1. The Kier molecular flexibility index (Phi) is 5.17. The van der Waals surface area contributed by atoms with Gasteiger partial charge in [-0.05, 0) is 30.5 Å². The molecular weight excluding hydrogens is 250 g/mol. The molecule has 0 saturated heterocycles. The van der Waals surface area contributed by atoms with Crippen LogP contribution < -0.4 is 10.5 Å². The van der Waals surface area contributed by atoms with Crippen LogP contribution in [0.4, 0.5) is 0 Å². The Morgan fingerprint density at radius 3 is 2.50 bits per heavy atom. The SMILES string of the molecule is COc1cc(C)c(C(=O)C(CN)C(C)C)cc1Cl. The van der Waals surface area contributed by atoms with Gasteiger partial charge in [0, 0.05) is 18.0 Å². The fraction of sp³-hybridized carbons (Fsp3) is 0.500. The summed E-state index contributed by atoms with van der Waals surface area (Å²) in [6.45, 7) is 6.21. The van der Waals surface area contributed by atoms with Crippen molar-refractivity contribution in [3.8, 4) is 5.75 Å². The molecule has 18 heavy (non-hydrogen) atoms. The monoisotopic (exact) mass is 269 g/mol. The molecule has 1 unspecified atom stereocenters. The van der Waals surface area contributed by atoms with Crippen LogP contribution in [-0.2, 0) is 0 Å². The van der Waals surface area contributed by atoms with Gasteiger partial charge < -0.3 is 10.5 Å². The fourth-order valence-corrected chi connectivity index (χ4v) is 2.20. The maximum Gasteiger partial charge on any atom is 0.167 e. The molecule has 0 heterocycles. The second kappa shape index (κ2) is 6.21. The van der Waals surface area contributed by atoms with E-state index in [1.165, 1.54) is 0 Å². The van der Waals surface area contributed by atoms with Crippen LogP contribution in [0.2, 0.25) is 5.02 Å². The van der Waals surface area contributed by atoms with Crippen LogP contribution in [0.25, 0.3) is 0 Å². The Bertz CT molecular complexity index is 444. The lowest BCUT2D eigenvalue weighted by atomic mass is 9.86. The van der Waals surface area contributed by atoms with Gasteiger partial charge in [0.2, 0.25) is 0 Å². The number of rotatable bonds is 5. The van der Waals surface area contributed by atoms with E-state index in [9.17, 15) is 4.79 Å². The molecule has 0 radical (unpaired) electrons. The van der Waals surface area contributed by atoms with Gasteiger partial charge in [-0.3, -0.25) is 4.79 Å². The van der Waals surface area contributed by atoms with Crippen molar-refractivity contribution in [1.29, 1.82) is 0 Å². The van der Waals surface area contributed by atoms with Gasteiger partial charge in [-0.2, -0.15) is 0 Å². The number of ether oxygens (including phenoxy) is 1.